The zero-order valence-electron chi connectivity index (χ0n) is 20.7. The molecule has 8 nitrogen and oxygen atoms in total. The Morgan fingerprint density at radius 1 is 1.05 bits per heavy atom. The molecule has 4 rings (SSSR count). The minimum absolute atomic E-state index is 0.00371. The van der Waals surface area contributed by atoms with Gasteiger partial charge in [0.1, 0.15) is 23.7 Å². The maximum Gasteiger partial charge on any atom is 0.342 e. The van der Waals surface area contributed by atoms with Crippen molar-refractivity contribution in [1.29, 1.82) is 0 Å². The SMILES string of the molecule is C=CCOC(=O)c1c(C)nc(-c2ccccc2)nc1C(=O)N1CCN(C(=O)c2ccc(F)cc2)C(C)C1. The molecule has 0 radical (unpaired) electrons. The number of piperazine rings is 1. The average molecular weight is 503 g/mol. The van der Waals surface area contributed by atoms with Crippen LogP contribution < -0.4 is 0 Å². The molecule has 37 heavy (non-hydrogen) atoms. The van der Waals surface area contributed by atoms with Crippen molar-refractivity contribution in [2.45, 2.75) is 19.9 Å². The number of carbonyl (C=O) groups is 3. The van der Waals surface area contributed by atoms with E-state index in [9.17, 15) is 18.8 Å². The summed E-state index contributed by atoms with van der Waals surface area (Å²) in [6, 6.07) is 14.2. The van der Waals surface area contributed by atoms with Crippen molar-refractivity contribution in [3.05, 3.63) is 95.6 Å². The summed E-state index contributed by atoms with van der Waals surface area (Å²) in [7, 11) is 0. The number of ether oxygens (including phenoxy) is 1. The minimum Gasteiger partial charge on any atom is -0.458 e. The van der Waals surface area contributed by atoms with Gasteiger partial charge in [-0.25, -0.2) is 19.2 Å². The highest BCUT2D eigenvalue weighted by molar-refractivity contribution is 6.05. The average Bonchev–Trinajstić information content (AvgIpc) is 2.91. The Hall–Kier alpha value is -4.40. The van der Waals surface area contributed by atoms with Gasteiger partial charge in [0.25, 0.3) is 11.8 Å². The minimum atomic E-state index is -0.710. The summed E-state index contributed by atoms with van der Waals surface area (Å²) in [4.78, 5) is 51.7. The maximum absolute atomic E-state index is 13.7. The fraction of sp³-hybridized carbons (Fsp3) is 0.250. The van der Waals surface area contributed by atoms with Gasteiger partial charge in [0, 0.05) is 36.8 Å². The molecule has 1 atom stereocenters. The van der Waals surface area contributed by atoms with E-state index in [2.05, 4.69) is 16.5 Å². The third kappa shape index (κ3) is 5.55. The molecule has 0 aliphatic carbocycles. The number of amides is 2. The van der Waals surface area contributed by atoms with Crippen LogP contribution in [0.4, 0.5) is 4.39 Å². The number of nitrogens with zero attached hydrogens (tertiary/aromatic N) is 4. The molecule has 9 heteroatoms. The van der Waals surface area contributed by atoms with E-state index in [0.717, 1.165) is 0 Å². The lowest BCUT2D eigenvalue weighted by Crippen LogP contribution is -2.55. The predicted molar refractivity (Wildman–Crippen MR) is 135 cm³/mol. The number of benzene rings is 2. The van der Waals surface area contributed by atoms with Gasteiger partial charge in [-0.15, -0.1) is 0 Å². The lowest BCUT2D eigenvalue weighted by atomic mass is 10.1. The summed E-state index contributed by atoms with van der Waals surface area (Å²) in [5.41, 5.74) is 1.35. The summed E-state index contributed by atoms with van der Waals surface area (Å²) in [6.45, 7) is 7.75. The molecule has 1 aliphatic rings. The van der Waals surface area contributed by atoms with Crippen molar-refractivity contribution in [3.8, 4) is 11.4 Å². The molecule has 0 N–H and O–H groups in total. The van der Waals surface area contributed by atoms with Gasteiger partial charge in [-0.3, -0.25) is 9.59 Å². The highest BCUT2D eigenvalue weighted by Crippen LogP contribution is 2.23. The number of hydrogen-bond donors (Lipinski definition) is 0. The van der Waals surface area contributed by atoms with Gasteiger partial charge in [-0.1, -0.05) is 43.0 Å². The van der Waals surface area contributed by atoms with Crippen LogP contribution in [-0.2, 0) is 4.74 Å². The normalized spacial score (nSPS) is 15.3. The Morgan fingerprint density at radius 2 is 1.76 bits per heavy atom. The number of rotatable bonds is 6. The van der Waals surface area contributed by atoms with Crippen LogP contribution in [0.1, 0.15) is 43.8 Å². The van der Waals surface area contributed by atoms with Gasteiger partial charge in [-0.05, 0) is 38.1 Å². The zero-order valence-corrected chi connectivity index (χ0v) is 20.7. The first-order chi connectivity index (χ1) is 17.8. The Labute approximate surface area is 214 Å². The second-order valence-electron chi connectivity index (χ2n) is 8.72. The van der Waals surface area contributed by atoms with Crippen molar-refractivity contribution < 1.29 is 23.5 Å². The van der Waals surface area contributed by atoms with Crippen LogP contribution >= 0.6 is 0 Å². The van der Waals surface area contributed by atoms with Crippen LogP contribution in [0.3, 0.4) is 0 Å². The van der Waals surface area contributed by atoms with Crippen molar-refractivity contribution in [2.24, 2.45) is 0 Å². The van der Waals surface area contributed by atoms with Gasteiger partial charge in [-0.2, -0.15) is 0 Å². The van der Waals surface area contributed by atoms with E-state index in [0.29, 0.717) is 22.6 Å². The first-order valence-corrected chi connectivity index (χ1v) is 11.9. The molecule has 0 saturated carbocycles. The summed E-state index contributed by atoms with van der Waals surface area (Å²) in [5, 5.41) is 0. The molecule has 190 valence electrons. The van der Waals surface area contributed by atoms with Crippen molar-refractivity contribution in [3.63, 3.8) is 0 Å². The molecule has 1 unspecified atom stereocenters. The van der Waals surface area contributed by atoms with E-state index in [1.807, 2.05) is 37.3 Å². The van der Waals surface area contributed by atoms with E-state index in [4.69, 9.17) is 4.74 Å². The van der Waals surface area contributed by atoms with Gasteiger partial charge in [0.15, 0.2) is 5.82 Å². The summed E-state index contributed by atoms with van der Waals surface area (Å²) in [6.07, 6.45) is 1.44. The third-order valence-corrected chi connectivity index (χ3v) is 6.13. The molecule has 1 aliphatic heterocycles. The molecule has 3 aromatic rings. The highest BCUT2D eigenvalue weighted by Gasteiger charge is 2.34. The van der Waals surface area contributed by atoms with Crippen LogP contribution in [0.15, 0.2) is 67.3 Å². The highest BCUT2D eigenvalue weighted by atomic mass is 19.1. The van der Waals surface area contributed by atoms with Crippen LogP contribution in [0.5, 0.6) is 0 Å². The molecule has 2 heterocycles. The quantitative estimate of drug-likeness (QED) is 0.375. The van der Waals surface area contributed by atoms with Crippen molar-refractivity contribution in [1.82, 2.24) is 19.8 Å². The molecular formula is C28H27FN4O4. The lowest BCUT2D eigenvalue weighted by molar-refractivity contribution is 0.0407. The standard InChI is InChI=1S/C28H27FN4O4/c1-4-16-37-28(36)23-19(3)30-25(20-8-6-5-7-9-20)31-24(23)27(35)32-14-15-33(18(2)17-32)26(34)21-10-12-22(29)13-11-21/h4-13,18H,1,14-17H2,2-3H3. The molecule has 0 spiro atoms. The Bertz CT molecular complexity index is 1330. The first-order valence-electron chi connectivity index (χ1n) is 11.9. The largest absolute Gasteiger partial charge is 0.458 e. The van der Waals surface area contributed by atoms with Gasteiger partial charge in [0.05, 0.1) is 5.69 Å². The Kier molecular flexibility index (Phi) is 7.71. The van der Waals surface area contributed by atoms with Crippen molar-refractivity contribution >= 4 is 17.8 Å². The van der Waals surface area contributed by atoms with E-state index in [-0.39, 0.29) is 49.4 Å². The topological polar surface area (TPSA) is 92.7 Å². The molecule has 2 aromatic carbocycles. The molecule has 1 fully saturated rings. The first kappa shape index (κ1) is 25.7. The fourth-order valence-corrected chi connectivity index (χ4v) is 4.25. The molecule has 1 saturated heterocycles. The fourth-order valence-electron chi connectivity index (χ4n) is 4.25. The third-order valence-electron chi connectivity index (χ3n) is 6.13. The monoisotopic (exact) mass is 502 g/mol. The van der Waals surface area contributed by atoms with Gasteiger partial charge >= 0.3 is 5.97 Å². The van der Waals surface area contributed by atoms with E-state index in [1.54, 1.807) is 16.7 Å². The van der Waals surface area contributed by atoms with Crippen LogP contribution in [0.2, 0.25) is 0 Å². The summed E-state index contributed by atoms with van der Waals surface area (Å²) < 4.78 is 18.5. The van der Waals surface area contributed by atoms with E-state index >= 15 is 0 Å². The van der Waals surface area contributed by atoms with Gasteiger partial charge in [0.2, 0.25) is 0 Å². The number of aryl methyl sites for hydroxylation is 1. The second-order valence-corrected chi connectivity index (χ2v) is 8.72. The lowest BCUT2D eigenvalue weighted by Gasteiger charge is -2.40. The summed E-state index contributed by atoms with van der Waals surface area (Å²) >= 11 is 0. The zero-order chi connectivity index (χ0) is 26.5. The second kappa shape index (κ2) is 11.1. The predicted octanol–water partition coefficient (Wildman–Crippen LogP) is 3.92. The van der Waals surface area contributed by atoms with Gasteiger partial charge < -0.3 is 14.5 Å². The van der Waals surface area contributed by atoms with E-state index in [1.165, 1.54) is 30.3 Å². The molecule has 0 bridgehead atoms. The van der Waals surface area contributed by atoms with Crippen molar-refractivity contribution in [2.75, 3.05) is 26.2 Å². The Balaban J connectivity index is 1.62. The Morgan fingerprint density at radius 3 is 2.41 bits per heavy atom. The number of halogens is 1. The number of carbonyl (C=O) groups excluding carboxylic acids is 3. The van der Waals surface area contributed by atoms with Crippen LogP contribution in [0.25, 0.3) is 11.4 Å². The molecular weight excluding hydrogens is 475 g/mol. The smallest absolute Gasteiger partial charge is 0.342 e. The molecule has 1 aromatic heterocycles. The maximum atomic E-state index is 13.7. The number of hydrogen-bond acceptors (Lipinski definition) is 6. The number of esters is 1. The van der Waals surface area contributed by atoms with Crippen LogP contribution in [0, 0.1) is 12.7 Å². The van der Waals surface area contributed by atoms with Crippen LogP contribution in [-0.4, -0.2) is 69.8 Å². The summed E-state index contributed by atoms with van der Waals surface area (Å²) in [5.74, 6) is -1.50. The van der Waals surface area contributed by atoms with E-state index < -0.39 is 17.7 Å². The molecule has 2 amide bonds. The number of aromatic nitrogens is 2.